The van der Waals surface area contributed by atoms with E-state index in [2.05, 4.69) is 79.3 Å². The maximum Gasteiger partial charge on any atom is 0.323 e. The Kier molecular flexibility index (Phi) is 11.4. The third-order valence-corrected chi connectivity index (χ3v) is 8.17. The molecule has 0 spiro atoms. The summed E-state index contributed by atoms with van der Waals surface area (Å²) in [5.74, 6) is 1.69. The molecule has 8 heteroatoms. The summed E-state index contributed by atoms with van der Waals surface area (Å²) in [5, 5.41) is 11.5. The zero-order chi connectivity index (χ0) is 31.5. The number of carbonyl (C=O) groups excluding carboxylic acids is 1. The minimum Gasteiger partial charge on any atom is -0.493 e. The molecule has 7 nitrogen and oxygen atoms in total. The quantitative estimate of drug-likeness (QED) is 0.0849. The van der Waals surface area contributed by atoms with Crippen LogP contribution in [-0.4, -0.2) is 35.4 Å². The number of nitrogens with one attached hydrogen (secondary N) is 3. The number of urea groups is 1. The van der Waals surface area contributed by atoms with E-state index in [1.54, 1.807) is 7.11 Å². The monoisotopic (exact) mass is 609 g/mol. The molecule has 0 fully saturated rings. The number of ether oxygens (including phenoxy) is 1. The Morgan fingerprint density at radius 1 is 0.932 bits per heavy atom. The van der Waals surface area contributed by atoms with Gasteiger partial charge < -0.3 is 14.8 Å². The highest BCUT2D eigenvalue weighted by atomic mass is 32.2. The maximum absolute atomic E-state index is 12.9. The van der Waals surface area contributed by atoms with Crippen LogP contribution in [0.4, 0.5) is 10.6 Å². The topological polar surface area (TPSA) is 90.3 Å². The third kappa shape index (κ3) is 9.10. The molecule has 0 saturated heterocycles. The van der Waals surface area contributed by atoms with Crippen molar-refractivity contribution in [2.24, 2.45) is 0 Å². The van der Waals surface area contributed by atoms with E-state index in [0.717, 1.165) is 34.6 Å². The molecule has 4 aromatic rings. The molecule has 0 saturated carbocycles. The average Bonchev–Trinajstić information content (AvgIpc) is 3.03. The molecular formula is C36H43N5O2S. The van der Waals surface area contributed by atoms with Gasteiger partial charge in [-0.3, -0.25) is 10.3 Å². The van der Waals surface area contributed by atoms with Gasteiger partial charge in [-0.2, -0.15) is 0 Å². The third-order valence-electron chi connectivity index (χ3n) is 7.37. The second-order valence-corrected chi connectivity index (χ2v) is 12.5. The van der Waals surface area contributed by atoms with E-state index in [0.29, 0.717) is 36.9 Å². The number of carbonyl (C=O) groups is 1. The Balaban J connectivity index is 1.27. The number of hydrogen-bond donors (Lipinski definition) is 3. The molecule has 0 unspecified atom stereocenters. The lowest BCUT2D eigenvalue weighted by atomic mass is 9.87. The molecule has 2 amide bonds. The number of aryl methyl sites for hydroxylation is 1. The smallest absolute Gasteiger partial charge is 0.323 e. The SMILES string of the molecule is CCN(C(=N)CCCc1ccc(-c2ccc(OC)c(NSc3ccccc3)n2)cc1)C(=O)NCc1ccc(C(C)(C)C)cc1. The van der Waals surface area contributed by atoms with Crippen LogP contribution in [0.15, 0.2) is 95.9 Å². The molecule has 4 rings (SSSR count). The predicted molar refractivity (Wildman–Crippen MR) is 183 cm³/mol. The summed E-state index contributed by atoms with van der Waals surface area (Å²) in [4.78, 5) is 20.3. The molecule has 0 radical (unpaired) electrons. The van der Waals surface area contributed by atoms with Gasteiger partial charge in [-0.15, -0.1) is 0 Å². The van der Waals surface area contributed by atoms with Crippen LogP contribution >= 0.6 is 11.9 Å². The van der Waals surface area contributed by atoms with Gasteiger partial charge in [-0.05, 0) is 78.1 Å². The molecule has 3 aromatic carbocycles. The molecule has 0 aliphatic heterocycles. The van der Waals surface area contributed by atoms with Crippen LogP contribution in [0.5, 0.6) is 5.75 Å². The highest BCUT2D eigenvalue weighted by Gasteiger charge is 2.17. The Bertz CT molecular complexity index is 1520. The number of nitrogens with zero attached hydrogens (tertiary/aromatic N) is 2. The molecule has 0 aliphatic rings. The number of hydrogen-bond acceptors (Lipinski definition) is 6. The summed E-state index contributed by atoms with van der Waals surface area (Å²) >= 11 is 1.49. The highest BCUT2D eigenvalue weighted by Crippen LogP contribution is 2.31. The fourth-order valence-electron chi connectivity index (χ4n) is 4.73. The van der Waals surface area contributed by atoms with Gasteiger partial charge in [0.2, 0.25) is 0 Å². The lowest BCUT2D eigenvalue weighted by Gasteiger charge is -2.22. The van der Waals surface area contributed by atoms with Gasteiger partial charge in [0.15, 0.2) is 11.6 Å². The van der Waals surface area contributed by atoms with Crippen molar-refractivity contribution in [1.82, 2.24) is 15.2 Å². The first-order valence-electron chi connectivity index (χ1n) is 15.0. The Morgan fingerprint density at radius 3 is 2.25 bits per heavy atom. The van der Waals surface area contributed by atoms with E-state index < -0.39 is 0 Å². The molecule has 0 aliphatic carbocycles. The number of rotatable bonds is 12. The number of benzene rings is 3. The number of anilines is 1. The van der Waals surface area contributed by atoms with Gasteiger partial charge in [-0.1, -0.05) is 87.5 Å². The Morgan fingerprint density at radius 2 is 1.61 bits per heavy atom. The number of amidine groups is 1. The van der Waals surface area contributed by atoms with Crippen molar-refractivity contribution in [2.45, 2.75) is 63.8 Å². The zero-order valence-electron chi connectivity index (χ0n) is 26.3. The maximum atomic E-state index is 12.9. The van der Waals surface area contributed by atoms with Crippen molar-refractivity contribution in [3.05, 3.63) is 108 Å². The summed E-state index contributed by atoms with van der Waals surface area (Å²) < 4.78 is 8.82. The van der Waals surface area contributed by atoms with Gasteiger partial charge in [0.25, 0.3) is 0 Å². The van der Waals surface area contributed by atoms with Crippen LogP contribution in [0.2, 0.25) is 0 Å². The van der Waals surface area contributed by atoms with E-state index in [9.17, 15) is 4.79 Å². The minimum absolute atomic E-state index is 0.0927. The normalized spacial score (nSPS) is 11.1. The van der Waals surface area contributed by atoms with Crippen molar-refractivity contribution in [2.75, 3.05) is 18.4 Å². The molecule has 1 aromatic heterocycles. The van der Waals surface area contributed by atoms with Crippen LogP contribution in [0, 0.1) is 5.41 Å². The van der Waals surface area contributed by atoms with Crippen molar-refractivity contribution >= 4 is 29.6 Å². The number of pyridine rings is 1. The predicted octanol–water partition coefficient (Wildman–Crippen LogP) is 8.71. The van der Waals surface area contributed by atoms with Gasteiger partial charge >= 0.3 is 6.03 Å². The van der Waals surface area contributed by atoms with Gasteiger partial charge in [0, 0.05) is 30.0 Å². The molecule has 1 heterocycles. The summed E-state index contributed by atoms with van der Waals surface area (Å²) in [7, 11) is 1.64. The summed E-state index contributed by atoms with van der Waals surface area (Å²) in [6, 6.07) is 30.4. The molecule has 230 valence electrons. The van der Waals surface area contributed by atoms with E-state index in [-0.39, 0.29) is 11.4 Å². The van der Waals surface area contributed by atoms with Crippen LogP contribution in [0.1, 0.15) is 57.2 Å². The van der Waals surface area contributed by atoms with E-state index in [1.165, 1.54) is 28.0 Å². The Labute approximate surface area is 266 Å². The van der Waals surface area contributed by atoms with E-state index >= 15 is 0 Å². The minimum atomic E-state index is -0.232. The average molecular weight is 610 g/mol. The van der Waals surface area contributed by atoms with Crippen molar-refractivity contribution in [1.29, 1.82) is 5.41 Å². The number of methoxy groups -OCH3 is 1. The molecule has 0 atom stereocenters. The number of aromatic nitrogens is 1. The molecule has 3 N–H and O–H groups in total. The summed E-state index contributed by atoms with van der Waals surface area (Å²) in [6.45, 7) is 9.35. The lowest BCUT2D eigenvalue weighted by molar-refractivity contribution is 0.221. The second-order valence-electron chi connectivity index (χ2n) is 11.6. The van der Waals surface area contributed by atoms with Gasteiger partial charge in [0.05, 0.1) is 12.8 Å². The van der Waals surface area contributed by atoms with Crippen molar-refractivity contribution in [3.8, 4) is 17.0 Å². The number of amides is 2. The molecule has 0 bridgehead atoms. The van der Waals surface area contributed by atoms with Gasteiger partial charge in [0.1, 0.15) is 5.84 Å². The first-order chi connectivity index (χ1) is 21.2. The fraction of sp³-hybridized carbons (Fsp3) is 0.306. The van der Waals surface area contributed by atoms with E-state index in [1.807, 2.05) is 49.4 Å². The molecular weight excluding hydrogens is 566 g/mol. The van der Waals surface area contributed by atoms with Crippen LogP contribution in [0.3, 0.4) is 0 Å². The first-order valence-corrected chi connectivity index (χ1v) is 15.8. The standard InChI is InChI=1S/C36H43N5O2S/c1-6-41(35(42)38-25-27-17-21-29(22-18-27)36(2,3)4)33(37)14-10-11-26-15-19-28(20-16-26)31-23-24-32(43-5)34(39-31)40-44-30-12-8-7-9-13-30/h7-9,12-13,15-24,37H,6,10-11,14,25H2,1-5H3,(H,38,42)(H,39,40). The van der Waals surface area contributed by atoms with Gasteiger partial charge in [-0.25, -0.2) is 9.78 Å². The van der Waals surface area contributed by atoms with Crippen LogP contribution < -0.4 is 14.8 Å². The van der Waals surface area contributed by atoms with Crippen molar-refractivity contribution in [3.63, 3.8) is 0 Å². The molecule has 44 heavy (non-hydrogen) atoms. The Hall–Kier alpha value is -4.30. The zero-order valence-corrected chi connectivity index (χ0v) is 27.1. The second kappa shape index (κ2) is 15.4. The fourth-order valence-corrected chi connectivity index (χ4v) is 5.38. The largest absolute Gasteiger partial charge is 0.493 e. The summed E-state index contributed by atoms with van der Waals surface area (Å²) in [6.07, 6.45) is 2.12. The van der Waals surface area contributed by atoms with Crippen LogP contribution in [0.25, 0.3) is 11.3 Å². The van der Waals surface area contributed by atoms with Crippen LogP contribution in [-0.2, 0) is 18.4 Å². The van der Waals surface area contributed by atoms with E-state index in [4.69, 9.17) is 15.1 Å². The summed E-state index contributed by atoms with van der Waals surface area (Å²) in [5.41, 5.74) is 5.44. The lowest BCUT2D eigenvalue weighted by Crippen LogP contribution is -2.43. The first kappa shape index (κ1) is 32.6. The van der Waals surface area contributed by atoms with Crippen molar-refractivity contribution < 1.29 is 9.53 Å². The highest BCUT2D eigenvalue weighted by molar-refractivity contribution is 8.00.